The zero-order valence-corrected chi connectivity index (χ0v) is 8.52. The Morgan fingerprint density at radius 3 is 3.10 bits per heavy atom. The summed E-state index contributed by atoms with van der Waals surface area (Å²) in [7, 11) is 0. The van der Waals surface area contributed by atoms with Gasteiger partial charge in [-0.15, -0.1) is 0 Å². The monoisotopic (exact) mass is 266 g/mol. The lowest BCUT2D eigenvalue weighted by molar-refractivity contribution is 0.933. The molecule has 0 saturated carbocycles. The topological polar surface area (TPSA) is 25.8 Å². The molecule has 0 unspecified atom stereocenters. The number of hydrogen-bond acceptors (Lipinski definition) is 3. The van der Waals surface area contributed by atoms with Crippen molar-refractivity contribution in [1.29, 1.82) is 0 Å². The predicted molar refractivity (Wildman–Crippen MR) is 51.5 cm³/mol. The molecule has 0 amide bonds. The van der Waals surface area contributed by atoms with Crippen molar-refractivity contribution in [2.24, 2.45) is 0 Å². The summed E-state index contributed by atoms with van der Waals surface area (Å²) in [5.74, 6) is 0. The highest BCUT2D eigenvalue weighted by Crippen LogP contribution is 2.09. The van der Waals surface area contributed by atoms with E-state index in [0.717, 1.165) is 15.3 Å². The summed E-state index contributed by atoms with van der Waals surface area (Å²) in [5, 5.41) is 0.856. The van der Waals surface area contributed by atoms with Crippen LogP contribution in [0.5, 0.6) is 0 Å². The first-order valence-electron chi connectivity index (χ1n) is 2.78. The van der Waals surface area contributed by atoms with Crippen molar-refractivity contribution in [2.45, 2.75) is 9.58 Å². The van der Waals surface area contributed by atoms with Gasteiger partial charge in [-0.1, -0.05) is 34.4 Å². The smallest absolute Gasteiger partial charge is 0.187 e. The third-order valence-corrected chi connectivity index (χ3v) is 2.35. The Balaban J connectivity index is 2.87. The van der Waals surface area contributed by atoms with E-state index >= 15 is 0 Å². The van der Waals surface area contributed by atoms with Crippen LogP contribution in [0.1, 0.15) is 5.69 Å². The van der Waals surface area contributed by atoms with Crippen LogP contribution in [-0.2, 0) is 4.43 Å². The van der Waals surface area contributed by atoms with Gasteiger partial charge in [0.15, 0.2) is 5.16 Å². The molecule has 0 fully saturated rings. The van der Waals surface area contributed by atoms with Crippen LogP contribution < -0.4 is 0 Å². The Hall–Kier alpha value is 0.160. The highest BCUT2D eigenvalue weighted by molar-refractivity contribution is 14.1. The molecule has 0 aliphatic rings. The molecule has 0 saturated heterocycles. The zero-order valence-electron chi connectivity index (χ0n) is 5.54. The fraction of sp³-hybridized carbons (Fsp3) is 0.333. The first-order chi connectivity index (χ1) is 4.86. The molecule has 10 heavy (non-hydrogen) atoms. The zero-order chi connectivity index (χ0) is 7.40. The normalized spacial score (nSPS) is 9.80. The summed E-state index contributed by atoms with van der Waals surface area (Å²) >= 11 is 3.86. The standard InChI is InChI=1S/C6H7IN2S/c1-10-6-8-3-2-5(4-7)9-6/h2-3H,4H2,1H3. The van der Waals surface area contributed by atoms with Gasteiger partial charge in [-0.05, 0) is 12.3 Å². The maximum atomic E-state index is 4.25. The minimum atomic E-state index is 0.856. The van der Waals surface area contributed by atoms with Crippen LogP contribution in [0.4, 0.5) is 0 Å². The lowest BCUT2D eigenvalue weighted by atomic mass is 10.5. The van der Waals surface area contributed by atoms with Crippen LogP contribution in [0.25, 0.3) is 0 Å². The minimum Gasteiger partial charge on any atom is -0.231 e. The molecule has 0 atom stereocenters. The van der Waals surface area contributed by atoms with Gasteiger partial charge >= 0.3 is 0 Å². The average Bonchev–Trinajstić information content (AvgIpc) is 2.05. The number of aromatic nitrogens is 2. The molecule has 0 bridgehead atoms. The van der Waals surface area contributed by atoms with Crippen LogP contribution in [0.15, 0.2) is 17.4 Å². The van der Waals surface area contributed by atoms with Crippen molar-refractivity contribution in [3.05, 3.63) is 18.0 Å². The van der Waals surface area contributed by atoms with Crippen molar-refractivity contribution < 1.29 is 0 Å². The largest absolute Gasteiger partial charge is 0.231 e. The van der Waals surface area contributed by atoms with Crippen molar-refractivity contribution in [2.75, 3.05) is 6.26 Å². The predicted octanol–water partition coefficient (Wildman–Crippen LogP) is 2.13. The number of halogens is 1. The van der Waals surface area contributed by atoms with Gasteiger partial charge in [-0.25, -0.2) is 9.97 Å². The molecule has 0 spiro atoms. The number of rotatable bonds is 2. The molecule has 4 heteroatoms. The summed E-state index contributed by atoms with van der Waals surface area (Å²) < 4.78 is 0.952. The summed E-state index contributed by atoms with van der Waals surface area (Å²) in [6, 6.07) is 1.94. The van der Waals surface area contributed by atoms with Crippen LogP contribution >= 0.6 is 34.4 Å². The maximum absolute atomic E-state index is 4.25. The SMILES string of the molecule is CSc1nccc(CI)n1. The van der Waals surface area contributed by atoms with Crippen LogP contribution in [-0.4, -0.2) is 16.2 Å². The number of nitrogens with zero attached hydrogens (tertiary/aromatic N) is 2. The molecule has 0 aromatic carbocycles. The van der Waals surface area contributed by atoms with Gasteiger partial charge in [0.05, 0.1) is 5.69 Å². The average molecular weight is 266 g/mol. The lowest BCUT2D eigenvalue weighted by Crippen LogP contribution is -1.88. The molecular weight excluding hydrogens is 259 g/mol. The van der Waals surface area contributed by atoms with Gasteiger partial charge in [-0.2, -0.15) is 0 Å². The molecule has 54 valence electrons. The molecule has 0 N–H and O–H groups in total. The first kappa shape index (κ1) is 8.26. The Labute approximate surface area is 78.0 Å². The molecule has 2 nitrogen and oxygen atoms in total. The van der Waals surface area contributed by atoms with E-state index in [4.69, 9.17) is 0 Å². The van der Waals surface area contributed by atoms with Crippen molar-refractivity contribution in [1.82, 2.24) is 9.97 Å². The quantitative estimate of drug-likeness (QED) is 0.355. The number of alkyl halides is 1. The van der Waals surface area contributed by atoms with Gasteiger partial charge in [0, 0.05) is 10.6 Å². The number of thioether (sulfide) groups is 1. The van der Waals surface area contributed by atoms with E-state index in [0.29, 0.717) is 0 Å². The molecular formula is C6H7IN2S. The molecule has 1 aromatic heterocycles. The summed E-state index contributed by atoms with van der Waals surface area (Å²) in [6.07, 6.45) is 3.78. The highest BCUT2D eigenvalue weighted by atomic mass is 127. The van der Waals surface area contributed by atoms with Crippen molar-refractivity contribution in [3.8, 4) is 0 Å². The second-order valence-electron chi connectivity index (χ2n) is 1.67. The van der Waals surface area contributed by atoms with Crippen LogP contribution in [0.3, 0.4) is 0 Å². The second kappa shape index (κ2) is 4.12. The minimum absolute atomic E-state index is 0.856. The van der Waals surface area contributed by atoms with E-state index in [2.05, 4.69) is 32.6 Å². The summed E-state index contributed by atoms with van der Waals surface area (Å²) in [4.78, 5) is 8.31. The molecule has 0 aliphatic heterocycles. The van der Waals surface area contributed by atoms with Crippen LogP contribution in [0.2, 0.25) is 0 Å². The van der Waals surface area contributed by atoms with E-state index in [1.54, 1.807) is 18.0 Å². The van der Waals surface area contributed by atoms with E-state index in [-0.39, 0.29) is 0 Å². The molecule has 0 aliphatic carbocycles. The second-order valence-corrected chi connectivity index (χ2v) is 3.20. The van der Waals surface area contributed by atoms with Gasteiger partial charge in [0.25, 0.3) is 0 Å². The Kier molecular flexibility index (Phi) is 3.41. The first-order valence-corrected chi connectivity index (χ1v) is 5.53. The number of hydrogen-bond donors (Lipinski definition) is 0. The van der Waals surface area contributed by atoms with Gasteiger partial charge in [0.1, 0.15) is 0 Å². The third-order valence-electron chi connectivity index (χ3n) is 1.01. The molecule has 1 aromatic rings. The van der Waals surface area contributed by atoms with E-state index in [1.807, 2.05) is 12.3 Å². The molecule has 1 heterocycles. The summed E-state index contributed by atoms with van der Waals surface area (Å²) in [6.45, 7) is 0. The van der Waals surface area contributed by atoms with E-state index in [9.17, 15) is 0 Å². The molecule has 1 rings (SSSR count). The molecule has 0 radical (unpaired) electrons. The lowest BCUT2D eigenvalue weighted by Gasteiger charge is -1.95. The van der Waals surface area contributed by atoms with Crippen molar-refractivity contribution >= 4 is 34.4 Å². The Bertz CT molecular complexity index is 197. The van der Waals surface area contributed by atoms with Gasteiger partial charge < -0.3 is 0 Å². The van der Waals surface area contributed by atoms with Crippen molar-refractivity contribution in [3.63, 3.8) is 0 Å². The third kappa shape index (κ3) is 2.09. The highest BCUT2D eigenvalue weighted by Gasteiger charge is 1.93. The Morgan fingerprint density at radius 1 is 1.70 bits per heavy atom. The maximum Gasteiger partial charge on any atom is 0.187 e. The fourth-order valence-electron chi connectivity index (χ4n) is 0.549. The Morgan fingerprint density at radius 2 is 2.50 bits per heavy atom. The fourth-order valence-corrected chi connectivity index (χ4v) is 1.35. The van der Waals surface area contributed by atoms with E-state index in [1.165, 1.54) is 0 Å². The van der Waals surface area contributed by atoms with E-state index < -0.39 is 0 Å². The van der Waals surface area contributed by atoms with Gasteiger partial charge in [0.2, 0.25) is 0 Å². The van der Waals surface area contributed by atoms with Gasteiger partial charge in [-0.3, -0.25) is 0 Å². The van der Waals surface area contributed by atoms with Crippen LogP contribution in [0, 0.1) is 0 Å². The summed E-state index contributed by atoms with van der Waals surface area (Å²) in [5.41, 5.74) is 1.10.